The highest BCUT2D eigenvalue weighted by Crippen LogP contribution is 2.20. The summed E-state index contributed by atoms with van der Waals surface area (Å²) < 4.78 is 15.1. The Kier molecular flexibility index (Phi) is 5.21. The van der Waals surface area contributed by atoms with Gasteiger partial charge in [-0.3, -0.25) is 14.8 Å². The zero-order valence-corrected chi connectivity index (χ0v) is 15.4. The van der Waals surface area contributed by atoms with Crippen molar-refractivity contribution >= 4 is 22.4 Å². The molecule has 3 heterocycles. The van der Waals surface area contributed by atoms with E-state index >= 15 is 0 Å². The minimum absolute atomic E-state index is 0.277. The van der Waals surface area contributed by atoms with Gasteiger partial charge in [-0.05, 0) is 43.1 Å². The van der Waals surface area contributed by atoms with Crippen molar-refractivity contribution in [3.05, 3.63) is 58.6 Å². The number of halogens is 1. The SMILES string of the molecule is O=C(Nc1nnc(Cc2cccc(F)c2)s1)c1ccn(C2CCCNC2)n1. The van der Waals surface area contributed by atoms with Crippen molar-refractivity contribution in [2.45, 2.75) is 25.3 Å². The van der Waals surface area contributed by atoms with Gasteiger partial charge >= 0.3 is 0 Å². The van der Waals surface area contributed by atoms with E-state index in [1.54, 1.807) is 12.1 Å². The van der Waals surface area contributed by atoms with Crippen molar-refractivity contribution in [2.75, 3.05) is 18.4 Å². The predicted octanol–water partition coefficient (Wildman–Crippen LogP) is 2.64. The molecule has 1 aliphatic rings. The Morgan fingerprint density at radius 2 is 2.30 bits per heavy atom. The van der Waals surface area contributed by atoms with Gasteiger partial charge < -0.3 is 5.32 Å². The molecule has 1 fully saturated rings. The molecule has 3 aromatic rings. The Balaban J connectivity index is 1.38. The molecule has 0 saturated carbocycles. The topological polar surface area (TPSA) is 84.7 Å². The lowest BCUT2D eigenvalue weighted by Gasteiger charge is -2.22. The molecule has 27 heavy (non-hydrogen) atoms. The number of hydrogen-bond donors (Lipinski definition) is 2. The van der Waals surface area contributed by atoms with Crippen LogP contribution in [0.2, 0.25) is 0 Å². The van der Waals surface area contributed by atoms with Gasteiger partial charge in [0.2, 0.25) is 5.13 Å². The fourth-order valence-corrected chi connectivity index (χ4v) is 3.85. The van der Waals surface area contributed by atoms with Crippen molar-refractivity contribution in [2.24, 2.45) is 0 Å². The molecule has 1 aromatic carbocycles. The van der Waals surface area contributed by atoms with Gasteiger partial charge in [-0.2, -0.15) is 5.10 Å². The third kappa shape index (κ3) is 4.37. The Hall–Kier alpha value is -2.65. The number of hydrogen-bond acceptors (Lipinski definition) is 6. The van der Waals surface area contributed by atoms with Crippen LogP contribution in [-0.2, 0) is 6.42 Å². The minimum atomic E-state index is -0.314. The van der Waals surface area contributed by atoms with Crippen molar-refractivity contribution in [1.29, 1.82) is 0 Å². The van der Waals surface area contributed by atoms with E-state index < -0.39 is 0 Å². The molecular weight excluding hydrogens is 367 g/mol. The van der Waals surface area contributed by atoms with Gasteiger partial charge in [-0.15, -0.1) is 10.2 Å². The molecule has 1 saturated heterocycles. The number of rotatable bonds is 5. The number of benzene rings is 1. The molecule has 1 unspecified atom stereocenters. The summed E-state index contributed by atoms with van der Waals surface area (Å²) >= 11 is 1.27. The maximum atomic E-state index is 13.3. The number of carbonyl (C=O) groups excluding carboxylic acids is 1. The van der Waals surface area contributed by atoms with E-state index in [2.05, 4.69) is 25.9 Å². The van der Waals surface area contributed by atoms with E-state index in [-0.39, 0.29) is 17.8 Å². The first-order chi connectivity index (χ1) is 13.2. The lowest BCUT2D eigenvalue weighted by Crippen LogP contribution is -2.32. The maximum Gasteiger partial charge on any atom is 0.277 e. The normalized spacial score (nSPS) is 17.0. The molecule has 4 rings (SSSR count). The van der Waals surface area contributed by atoms with Crippen LogP contribution in [0.1, 0.15) is 39.9 Å². The van der Waals surface area contributed by atoms with Gasteiger partial charge in [0.25, 0.3) is 5.91 Å². The average Bonchev–Trinajstić information content (AvgIpc) is 3.32. The Morgan fingerprint density at radius 3 is 3.11 bits per heavy atom. The third-order valence-electron chi connectivity index (χ3n) is 4.42. The molecule has 0 radical (unpaired) electrons. The molecule has 7 nitrogen and oxygen atoms in total. The van der Waals surface area contributed by atoms with Crippen LogP contribution in [-0.4, -0.2) is 39.0 Å². The third-order valence-corrected chi connectivity index (χ3v) is 5.26. The monoisotopic (exact) mass is 386 g/mol. The first kappa shape index (κ1) is 17.7. The van der Waals surface area contributed by atoms with Crippen LogP contribution < -0.4 is 10.6 Å². The van der Waals surface area contributed by atoms with Crippen LogP contribution in [0.15, 0.2) is 36.5 Å². The average molecular weight is 386 g/mol. The summed E-state index contributed by atoms with van der Waals surface area (Å²) in [7, 11) is 0. The number of amides is 1. The van der Waals surface area contributed by atoms with Crippen LogP contribution >= 0.6 is 11.3 Å². The maximum absolute atomic E-state index is 13.3. The van der Waals surface area contributed by atoms with Gasteiger partial charge in [0, 0.05) is 19.2 Å². The van der Waals surface area contributed by atoms with Crippen LogP contribution in [0.5, 0.6) is 0 Å². The lowest BCUT2D eigenvalue weighted by atomic mass is 10.1. The number of nitrogens with one attached hydrogen (secondary N) is 2. The van der Waals surface area contributed by atoms with Gasteiger partial charge in [-0.1, -0.05) is 23.5 Å². The highest BCUT2D eigenvalue weighted by atomic mass is 32.1. The molecule has 0 aliphatic carbocycles. The molecule has 1 aliphatic heterocycles. The largest absolute Gasteiger partial charge is 0.315 e. The summed E-state index contributed by atoms with van der Waals surface area (Å²) in [6.07, 6.45) is 4.46. The molecular formula is C18H19FN6OS. The van der Waals surface area contributed by atoms with E-state index in [1.807, 2.05) is 16.9 Å². The Morgan fingerprint density at radius 1 is 1.37 bits per heavy atom. The number of carbonyl (C=O) groups is 1. The second kappa shape index (κ2) is 7.93. The smallest absolute Gasteiger partial charge is 0.277 e. The molecule has 0 spiro atoms. The molecule has 1 amide bonds. The Bertz CT molecular complexity index is 933. The van der Waals surface area contributed by atoms with Crippen LogP contribution in [0.25, 0.3) is 0 Å². The van der Waals surface area contributed by atoms with Crippen molar-refractivity contribution < 1.29 is 9.18 Å². The summed E-state index contributed by atoms with van der Waals surface area (Å²) in [5, 5.41) is 19.6. The predicted molar refractivity (Wildman–Crippen MR) is 100 cm³/mol. The molecule has 140 valence electrons. The molecule has 2 aromatic heterocycles. The number of piperidine rings is 1. The van der Waals surface area contributed by atoms with E-state index in [9.17, 15) is 9.18 Å². The van der Waals surface area contributed by atoms with Gasteiger partial charge in [0.05, 0.1) is 6.04 Å². The van der Waals surface area contributed by atoms with Gasteiger partial charge in [0.1, 0.15) is 10.8 Å². The molecule has 2 N–H and O–H groups in total. The summed E-state index contributed by atoms with van der Waals surface area (Å²) in [5.74, 6) is -0.597. The summed E-state index contributed by atoms with van der Waals surface area (Å²) in [4.78, 5) is 12.4. The van der Waals surface area contributed by atoms with E-state index in [0.717, 1.165) is 31.5 Å². The van der Waals surface area contributed by atoms with Crippen LogP contribution in [0.3, 0.4) is 0 Å². The van der Waals surface area contributed by atoms with Crippen LogP contribution in [0.4, 0.5) is 9.52 Å². The Labute approximate surface area is 159 Å². The van der Waals surface area contributed by atoms with E-state index in [0.29, 0.717) is 22.3 Å². The van der Waals surface area contributed by atoms with Gasteiger partial charge in [-0.25, -0.2) is 4.39 Å². The van der Waals surface area contributed by atoms with Gasteiger partial charge in [0.15, 0.2) is 5.69 Å². The zero-order chi connectivity index (χ0) is 18.6. The first-order valence-electron chi connectivity index (χ1n) is 8.81. The summed E-state index contributed by atoms with van der Waals surface area (Å²) in [5.41, 5.74) is 1.16. The second-order valence-electron chi connectivity index (χ2n) is 6.44. The van der Waals surface area contributed by atoms with Crippen LogP contribution in [0, 0.1) is 5.82 Å². The minimum Gasteiger partial charge on any atom is -0.315 e. The highest BCUT2D eigenvalue weighted by Gasteiger charge is 2.18. The van der Waals surface area contributed by atoms with E-state index in [1.165, 1.54) is 23.5 Å². The molecule has 0 bridgehead atoms. The molecule has 9 heteroatoms. The quantitative estimate of drug-likeness (QED) is 0.704. The highest BCUT2D eigenvalue weighted by molar-refractivity contribution is 7.15. The summed E-state index contributed by atoms with van der Waals surface area (Å²) in [6, 6.07) is 8.34. The molecule has 1 atom stereocenters. The fourth-order valence-electron chi connectivity index (χ4n) is 3.08. The van der Waals surface area contributed by atoms with E-state index in [4.69, 9.17) is 0 Å². The number of nitrogens with zero attached hydrogens (tertiary/aromatic N) is 4. The number of aromatic nitrogens is 4. The zero-order valence-electron chi connectivity index (χ0n) is 14.6. The standard InChI is InChI=1S/C18H19FN6OS/c19-13-4-1-3-12(9-13)10-16-22-23-18(27-16)21-17(26)15-6-8-25(24-15)14-5-2-7-20-11-14/h1,3-4,6,8-9,14,20H,2,5,7,10-11H2,(H,21,23,26). The van der Waals surface area contributed by atoms with Crippen molar-refractivity contribution in [3.63, 3.8) is 0 Å². The van der Waals surface area contributed by atoms with Crippen molar-refractivity contribution in [1.82, 2.24) is 25.3 Å². The fraction of sp³-hybridized carbons (Fsp3) is 0.333. The number of anilines is 1. The van der Waals surface area contributed by atoms with Crippen molar-refractivity contribution in [3.8, 4) is 0 Å². The second-order valence-corrected chi connectivity index (χ2v) is 7.51. The summed E-state index contributed by atoms with van der Waals surface area (Å²) in [6.45, 7) is 1.89. The first-order valence-corrected chi connectivity index (χ1v) is 9.63. The lowest BCUT2D eigenvalue weighted by molar-refractivity contribution is 0.102.